The van der Waals surface area contributed by atoms with Crippen molar-refractivity contribution in [3.8, 4) is 0 Å². The van der Waals surface area contributed by atoms with Crippen LogP contribution in [0.15, 0.2) is 29.3 Å². The summed E-state index contributed by atoms with van der Waals surface area (Å²) in [4.78, 5) is 4.88. The second-order valence-corrected chi connectivity index (χ2v) is 8.22. The summed E-state index contributed by atoms with van der Waals surface area (Å²) in [5, 5.41) is 15.8. The molecular formula is C22H33IN6. The van der Waals surface area contributed by atoms with Gasteiger partial charge < -0.3 is 15.2 Å². The van der Waals surface area contributed by atoms with E-state index in [0.29, 0.717) is 18.6 Å². The highest BCUT2D eigenvalue weighted by molar-refractivity contribution is 14.0. The Bertz CT molecular complexity index is 824. The Balaban J connectivity index is 0.00000240. The molecule has 2 aliphatic rings. The van der Waals surface area contributed by atoms with Crippen molar-refractivity contribution in [2.75, 3.05) is 0 Å². The van der Waals surface area contributed by atoms with Gasteiger partial charge in [-0.2, -0.15) is 0 Å². The summed E-state index contributed by atoms with van der Waals surface area (Å²) in [7, 11) is 2.00. The Kier molecular flexibility index (Phi) is 7.91. The summed E-state index contributed by atoms with van der Waals surface area (Å²) in [6.07, 6.45) is 9.78. The molecule has 0 saturated heterocycles. The van der Waals surface area contributed by atoms with Crippen LogP contribution in [0.3, 0.4) is 0 Å². The molecule has 0 bridgehead atoms. The lowest BCUT2D eigenvalue weighted by molar-refractivity contribution is 0.405. The summed E-state index contributed by atoms with van der Waals surface area (Å²) in [6.45, 7) is 2.52. The maximum absolute atomic E-state index is 4.88. The van der Waals surface area contributed by atoms with E-state index < -0.39 is 0 Å². The maximum Gasteiger partial charge on any atom is 0.192 e. The van der Waals surface area contributed by atoms with Gasteiger partial charge in [0.25, 0.3) is 0 Å². The van der Waals surface area contributed by atoms with E-state index in [4.69, 9.17) is 4.99 Å². The van der Waals surface area contributed by atoms with Crippen LogP contribution >= 0.6 is 24.0 Å². The molecule has 0 aliphatic heterocycles. The average Bonchev–Trinajstić information content (AvgIpc) is 3.05. The largest absolute Gasteiger partial charge is 0.354 e. The number of rotatable bonds is 4. The van der Waals surface area contributed by atoms with Crippen molar-refractivity contribution in [3.63, 3.8) is 0 Å². The van der Waals surface area contributed by atoms with Crippen LogP contribution in [-0.2, 0) is 26.4 Å². The van der Waals surface area contributed by atoms with E-state index in [0.717, 1.165) is 36.9 Å². The number of fused-ring (bicyclic) bond motifs is 1. The third-order valence-corrected chi connectivity index (χ3v) is 6.20. The van der Waals surface area contributed by atoms with Crippen LogP contribution in [0.4, 0.5) is 0 Å². The topological polar surface area (TPSA) is 67.1 Å². The van der Waals surface area contributed by atoms with Crippen molar-refractivity contribution < 1.29 is 0 Å². The normalized spacial score (nSPS) is 19.9. The summed E-state index contributed by atoms with van der Waals surface area (Å²) >= 11 is 0. The Morgan fingerprint density at radius 2 is 1.76 bits per heavy atom. The number of aliphatic imine (C=N–C) groups is 1. The van der Waals surface area contributed by atoms with E-state index in [1.165, 1.54) is 43.2 Å². The van der Waals surface area contributed by atoms with Crippen LogP contribution < -0.4 is 10.6 Å². The molecule has 6 nitrogen and oxygen atoms in total. The van der Waals surface area contributed by atoms with E-state index in [1.807, 2.05) is 18.5 Å². The van der Waals surface area contributed by atoms with Gasteiger partial charge in [0.15, 0.2) is 11.8 Å². The number of aryl methyl sites for hydroxylation is 2. The predicted octanol–water partition coefficient (Wildman–Crippen LogP) is 3.67. The fourth-order valence-electron chi connectivity index (χ4n) is 4.33. The minimum absolute atomic E-state index is 0. The van der Waals surface area contributed by atoms with Crippen molar-refractivity contribution in [2.45, 2.75) is 76.9 Å². The van der Waals surface area contributed by atoms with Crippen molar-refractivity contribution in [2.24, 2.45) is 12.0 Å². The Morgan fingerprint density at radius 3 is 2.48 bits per heavy atom. The molecule has 158 valence electrons. The van der Waals surface area contributed by atoms with E-state index >= 15 is 0 Å². The third kappa shape index (κ3) is 5.71. The molecule has 29 heavy (non-hydrogen) atoms. The monoisotopic (exact) mass is 508 g/mol. The highest BCUT2D eigenvalue weighted by atomic mass is 127. The van der Waals surface area contributed by atoms with Crippen LogP contribution in [0.5, 0.6) is 0 Å². The summed E-state index contributed by atoms with van der Waals surface area (Å²) in [5.41, 5.74) is 2.96. The van der Waals surface area contributed by atoms with Crippen LogP contribution in [0.1, 0.15) is 61.3 Å². The van der Waals surface area contributed by atoms with Gasteiger partial charge in [-0.05, 0) is 50.2 Å². The number of guanidine groups is 1. The molecule has 1 fully saturated rings. The SMILES string of the molecule is Cc1nnc(CN=C(NC2CCCCC2)NC2CCc3ccccc3C2)n1C.I. The molecule has 0 radical (unpaired) electrons. The van der Waals surface area contributed by atoms with Crippen LogP contribution in [0.2, 0.25) is 0 Å². The Hall–Kier alpha value is -1.64. The third-order valence-electron chi connectivity index (χ3n) is 6.20. The molecule has 2 aliphatic carbocycles. The van der Waals surface area contributed by atoms with E-state index in [1.54, 1.807) is 0 Å². The van der Waals surface area contributed by atoms with Crippen molar-refractivity contribution in [1.29, 1.82) is 0 Å². The molecule has 1 saturated carbocycles. The van der Waals surface area contributed by atoms with E-state index in [-0.39, 0.29) is 24.0 Å². The highest BCUT2D eigenvalue weighted by Gasteiger charge is 2.21. The average molecular weight is 508 g/mol. The van der Waals surface area contributed by atoms with Gasteiger partial charge in [-0.1, -0.05) is 43.5 Å². The molecule has 7 heteroatoms. The fourth-order valence-corrected chi connectivity index (χ4v) is 4.33. The highest BCUT2D eigenvalue weighted by Crippen LogP contribution is 2.21. The first kappa shape index (κ1) is 22.1. The summed E-state index contributed by atoms with van der Waals surface area (Å²) < 4.78 is 2.01. The minimum atomic E-state index is 0. The quantitative estimate of drug-likeness (QED) is 0.376. The van der Waals surface area contributed by atoms with Gasteiger partial charge in [0, 0.05) is 19.1 Å². The van der Waals surface area contributed by atoms with Gasteiger partial charge in [-0.25, -0.2) is 4.99 Å². The van der Waals surface area contributed by atoms with Gasteiger partial charge in [0.1, 0.15) is 12.4 Å². The van der Waals surface area contributed by atoms with E-state index in [2.05, 4.69) is 45.1 Å². The number of hydrogen-bond acceptors (Lipinski definition) is 3. The predicted molar refractivity (Wildman–Crippen MR) is 128 cm³/mol. The standard InChI is InChI=1S/C22H32N6.HI/c1-16-26-27-21(28(16)2)15-23-22(24-19-10-4-3-5-11-19)25-20-13-12-17-8-6-7-9-18(17)14-20;/h6-9,19-20H,3-5,10-15H2,1-2H3,(H2,23,24,25);1H. The maximum atomic E-state index is 4.88. The van der Waals surface area contributed by atoms with Crippen molar-refractivity contribution >= 4 is 29.9 Å². The van der Waals surface area contributed by atoms with Crippen LogP contribution in [0, 0.1) is 6.92 Å². The zero-order valence-electron chi connectivity index (χ0n) is 17.5. The van der Waals surface area contributed by atoms with Crippen LogP contribution in [-0.4, -0.2) is 32.8 Å². The molecule has 1 atom stereocenters. The fraction of sp³-hybridized carbons (Fsp3) is 0.591. The van der Waals surface area contributed by atoms with E-state index in [9.17, 15) is 0 Å². The molecule has 1 aromatic heterocycles. The summed E-state index contributed by atoms with van der Waals surface area (Å²) in [5.74, 6) is 2.75. The molecule has 1 unspecified atom stereocenters. The lowest BCUT2D eigenvalue weighted by Gasteiger charge is -2.30. The number of nitrogens with one attached hydrogen (secondary N) is 2. The first-order chi connectivity index (χ1) is 13.7. The lowest BCUT2D eigenvalue weighted by atomic mass is 9.88. The van der Waals surface area contributed by atoms with Crippen molar-refractivity contribution in [1.82, 2.24) is 25.4 Å². The molecule has 1 heterocycles. The Labute approximate surface area is 191 Å². The number of nitrogens with zero attached hydrogens (tertiary/aromatic N) is 4. The molecule has 2 aromatic rings. The Morgan fingerprint density at radius 1 is 1.03 bits per heavy atom. The van der Waals surface area contributed by atoms with Gasteiger partial charge in [-0.15, -0.1) is 34.2 Å². The molecule has 0 amide bonds. The second-order valence-electron chi connectivity index (χ2n) is 8.22. The molecule has 1 aromatic carbocycles. The zero-order chi connectivity index (χ0) is 19.3. The van der Waals surface area contributed by atoms with Gasteiger partial charge in [0.05, 0.1) is 0 Å². The number of aromatic nitrogens is 3. The molecule has 0 spiro atoms. The molecule has 2 N–H and O–H groups in total. The van der Waals surface area contributed by atoms with Gasteiger partial charge in [-0.3, -0.25) is 0 Å². The number of hydrogen-bond donors (Lipinski definition) is 2. The van der Waals surface area contributed by atoms with Crippen molar-refractivity contribution in [3.05, 3.63) is 47.0 Å². The lowest BCUT2D eigenvalue weighted by Crippen LogP contribution is -2.49. The zero-order valence-corrected chi connectivity index (χ0v) is 19.9. The number of benzene rings is 1. The molecule has 4 rings (SSSR count). The van der Waals surface area contributed by atoms with Gasteiger partial charge in [0.2, 0.25) is 0 Å². The minimum Gasteiger partial charge on any atom is -0.354 e. The van der Waals surface area contributed by atoms with Gasteiger partial charge >= 0.3 is 0 Å². The number of halogens is 1. The smallest absolute Gasteiger partial charge is 0.192 e. The summed E-state index contributed by atoms with van der Waals surface area (Å²) in [6, 6.07) is 9.76. The first-order valence-corrected chi connectivity index (χ1v) is 10.7. The van der Waals surface area contributed by atoms with Crippen LogP contribution in [0.25, 0.3) is 0 Å². The molecular weight excluding hydrogens is 475 g/mol. The second kappa shape index (κ2) is 10.4. The first-order valence-electron chi connectivity index (χ1n) is 10.7.